The van der Waals surface area contributed by atoms with E-state index in [0.29, 0.717) is 13.1 Å². The minimum absolute atomic E-state index is 0.0286. The average molecular weight is 788 g/mol. The van der Waals surface area contributed by atoms with Crippen molar-refractivity contribution in [1.82, 2.24) is 20.4 Å². The average Bonchev–Trinajstić information content (AvgIpc) is 3.63. The van der Waals surface area contributed by atoms with Crippen LogP contribution < -0.4 is 16.4 Å². The number of allylic oxidation sites excluding steroid dienone is 2. The van der Waals surface area contributed by atoms with E-state index in [4.69, 9.17) is 15.2 Å². The summed E-state index contributed by atoms with van der Waals surface area (Å²) < 4.78 is 12.0. The van der Waals surface area contributed by atoms with E-state index >= 15 is 0 Å². The van der Waals surface area contributed by atoms with E-state index in [1.807, 2.05) is 49.9 Å². The van der Waals surface area contributed by atoms with Crippen molar-refractivity contribution in [3.63, 3.8) is 0 Å². The first-order valence-electron chi connectivity index (χ1n) is 19.9. The molecule has 55 heavy (non-hydrogen) atoms. The second-order valence-electron chi connectivity index (χ2n) is 15.3. The summed E-state index contributed by atoms with van der Waals surface area (Å²) in [7, 11) is 4.98. The molecule has 0 spiro atoms. The fraction of sp³-hybridized carbons (Fsp3) is 0.659. The van der Waals surface area contributed by atoms with E-state index in [2.05, 4.69) is 76.3 Å². The summed E-state index contributed by atoms with van der Waals surface area (Å²) in [6.45, 7) is 27.4. The van der Waals surface area contributed by atoms with E-state index < -0.39 is 17.6 Å². The van der Waals surface area contributed by atoms with Crippen LogP contribution in [0.25, 0.3) is 0 Å². The molecule has 0 radical (unpaired) electrons. The standard InChI is InChI=1S/C34H61N5O5S.C7H8.C3H8/c1-13-18-45-28(22(3)4)20-36-25(7)24(6)32(44-12)26-16-15-17-39(26)29(40)19-27(43-11)31(23(5)14-2)38(10)30(41)21-37-33(42)34(8,9)35;1-7-5-3-2-4-6-7;1-3-2/h13,18,23-24,26-27,31-32,36H,7,14-17,19-21,35H2,1-6,8-12H3,(H,37,42);2-6H,1H3;3H2,1-2H3/b18-13-;;. The van der Waals surface area contributed by atoms with Crippen LogP contribution in [0.5, 0.6) is 0 Å². The Morgan fingerprint density at radius 3 is 2.13 bits per heavy atom. The molecule has 1 fully saturated rings. The second kappa shape index (κ2) is 27.5. The molecule has 10 nitrogen and oxygen atoms in total. The molecule has 0 aromatic heterocycles. The second-order valence-corrected chi connectivity index (χ2v) is 16.3. The maximum Gasteiger partial charge on any atom is 0.242 e. The highest BCUT2D eigenvalue weighted by Gasteiger charge is 2.41. The first kappa shape index (κ1) is 51.9. The Morgan fingerprint density at radius 2 is 1.67 bits per heavy atom. The van der Waals surface area contributed by atoms with E-state index in [0.717, 1.165) is 25.0 Å². The van der Waals surface area contributed by atoms with E-state index in [1.165, 1.54) is 22.5 Å². The molecule has 314 valence electrons. The van der Waals surface area contributed by atoms with Gasteiger partial charge in [0.15, 0.2) is 0 Å². The van der Waals surface area contributed by atoms with Gasteiger partial charge in [0.1, 0.15) is 0 Å². The molecule has 0 bridgehead atoms. The maximum atomic E-state index is 13.9. The van der Waals surface area contributed by atoms with Gasteiger partial charge >= 0.3 is 0 Å². The number of methoxy groups -OCH3 is 2. The van der Waals surface area contributed by atoms with Crippen molar-refractivity contribution >= 4 is 29.5 Å². The van der Waals surface area contributed by atoms with Crippen LogP contribution in [0.2, 0.25) is 0 Å². The Bertz CT molecular complexity index is 1340. The van der Waals surface area contributed by atoms with Crippen LogP contribution in [0.1, 0.15) is 107 Å². The summed E-state index contributed by atoms with van der Waals surface area (Å²) in [6.07, 6.45) is 5.13. The number of nitrogens with one attached hydrogen (secondary N) is 2. The minimum Gasteiger partial charge on any atom is -0.384 e. The minimum atomic E-state index is -1.09. The first-order valence-corrected chi connectivity index (χ1v) is 20.8. The van der Waals surface area contributed by atoms with Crippen LogP contribution >= 0.6 is 11.8 Å². The van der Waals surface area contributed by atoms with Gasteiger partial charge in [-0.15, -0.1) is 11.8 Å². The van der Waals surface area contributed by atoms with Crippen LogP contribution in [0, 0.1) is 18.8 Å². The van der Waals surface area contributed by atoms with E-state index in [1.54, 1.807) is 51.8 Å². The molecular formula is C44H77N5O5S. The number of amides is 3. The van der Waals surface area contributed by atoms with Gasteiger partial charge in [-0.3, -0.25) is 14.4 Å². The number of ether oxygens (including phenoxy) is 2. The highest BCUT2D eigenvalue weighted by Crippen LogP contribution is 2.31. The van der Waals surface area contributed by atoms with Gasteiger partial charge in [0.05, 0.1) is 42.8 Å². The largest absolute Gasteiger partial charge is 0.384 e. The lowest BCUT2D eigenvalue weighted by atomic mass is 9.90. The molecule has 0 saturated carbocycles. The van der Waals surface area contributed by atoms with Crippen molar-refractivity contribution in [2.45, 2.75) is 138 Å². The monoisotopic (exact) mass is 788 g/mol. The zero-order chi connectivity index (χ0) is 42.3. The fourth-order valence-electron chi connectivity index (χ4n) is 6.26. The summed E-state index contributed by atoms with van der Waals surface area (Å²) in [6, 6.07) is 9.79. The van der Waals surface area contributed by atoms with Crippen molar-refractivity contribution in [3.8, 4) is 0 Å². The number of likely N-dealkylation sites (tertiary alicyclic amines) is 1. The number of carbonyl (C=O) groups is 3. The number of hydrogen-bond acceptors (Lipinski definition) is 8. The summed E-state index contributed by atoms with van der Waals surface area (Å²) in [4.78, 5) is 44.1. The molecule has 4 N–H and O–H groups in total. The predicted molar refractivity (Wildman–Crippen MR) is 232 cm³/mol. The molecule has 6 unspecified atom stereocenters. The summed E-state index contributed by atoms with van der Waals surface area (Å²) in [5.74, 6) is -0.703. The predicted octanol–water partition coefficient (Wildman–Crippen LogP) is 7.84. The number of rotatable bonds is 19. The number of nitrogens with zero attached hydrogens (tertiary/aromatic N) is 2. The number of likely N-dealkylation sites (N-methyl/N-ethyl adjacent to an activating group) is 1. The molecule has 0 aliphatic carbocycles. The summed E-state index contributed by atoms with van der Waals surface area (Å²) in [5.41, 5.74) is 8.22. The summed E-state index contributed by atoms with van der Waals surface area (Å²) in [5, 5.41) is 8.20. The highest BCUT2D eigenvalue weighted by molar-refractivity contribution is 8.05. The Morgan fingerprint density at radius 1 is 1.07 bits per heavy atom. The number of aryl methyl sites for hydroxylation is 1. The topological polar surface area (TPSA) is 126 Å². The van der Waals surface area contributed by atoms with Gasteiger partial charge < -0.3 is 35.6 Å². The van der Waals surface area contributed by atoms with Crippen LogP contribution in [-0.2, 0) is 23.9 Å². The number of hydrogen-bond donors (Lipinski definition) is 3. The Balaban J connectivity index is 0.00000253. The molecule has 1 aromatic rings. The molecule has 1 saturated heterocycles. The van der Waals surface area contributed by atoms with Crippen molar-refractivity contribution in [1.29, 1.82) is 0 Å². The Labute approximate surface area is 339 Å². The molecule has 3 amide bonds. The fourth-order valence-corrected chi connectivity index (χ4v) is 6.95. The molecule has 6 atom stereocenters. The Kier molecular flexibility index (Phi) is 25.9. The van der Waals surface area contributed by atoms with Crippen molar-refractivity contribution in [2.24, 2.45) is 17.6 Å². The highest BCUT2D eigenvalue weighted by atomic mass is 32.2. The van der Waals surface area contributed by atoms with Gasteiger partial charge in [-0.25, -0.2) is 0 Å². The molecule has 1 aliphatic rings. The number of benzene rings is 1. The third-order valence-corrected chi connectivity index (χ3v) is 11.0. The van der Waals surface area contributed by atoms with Gasteiger partial charge in [0.25, 0.3) is 0 Å². The molecule has 11 heteroatoms. The number of nitrogens with two attached hydrogens (primary N) is 1. The van der Waals surface area contributed by atoms with Crippen molar-refractivity contribution < 1.29 is 23.9 Å². The Hall–Kier alpha value is -3.12. The van der Waals surface area contributed by atoms with E-state index in [9.17, 15) is 14.4 Å². The lowest BCUT2D eigenvalue weighted by Crippen LogP contribution is -2.55. The molecule has 1 aliphatic heterocycles. The molecular weight excluding hydrogens is 711 g/mol. The van der Waals surface area contributed by atoms with Crippen molar-refractivity contribution in [2.75, 3.05) is 40.9 Å². The SMILES string of the molecule is C=C(NCC(S/C=C\C)=C(C)C)C(C)C(OC)C1CCCN1C(=O)CC(OC)C(C(C)CC)N(C)C(=O)CNC(=O)C(C)(C)N.CCC.Cc1ccccc1. The van der Waals surface area contributed by atoms with E-state index in [-0.39, 0.29) is 54.8 Å². The van der Waals surface area contributed by atoms with Gasteiger partial charge in [0.2, 0.25) is 17.7 Å². The number of carbonyl (C=O) groups excluding carboxylic acids is 3. The third-order valence-electron chi connectivity index (χ3n) is 9.75. The van der Waals surface area contributed by atoms with Crippen LogP contribution in [0.3, 0.4) is 0 Å². The lowest BCUT2D eigenvalue weighted by Gasteiger charge is -2.39. The van der Waals surface area contributed by atoms with Crippen molar-refractivity contribution in [3.05, 3.63) is 70.1 Å². The van der Waals surface area contributed by atoms with Gasteiger partial charge in [-0.1, -0.05) is 102 Å². The summed E-state index contributed by atoms with van der Waals surface area (Å²) >= 11 is 1.70. The maximum absolute atomic E-state index is 13.9. The lowest BCUT2D eigenvalue weighted by molar-refractivity contribution is -0.144. The van der Waals surface area contributed by atoms with Gasteiger partial charge in [-0.05, 0) is 65.7 Å². The smallest absolute Gasteiger partial charge is 0.242 e. The van der Waals surface area contributed by atoms with Gasteiger partial charge in [-0.2, -0.15) is 0 Å². The molecule has 1 aromatic carbocycles. The normalized spacial score (nSPS) is 16.6. The van der Waals surface area contributed by atoms with Crippen LogP contribution in [0.15, 0.2) is 64.6 Å². The van der Waals surface area contributed by atoms with Crippen LogP contribution in [-0.4, -0.2) is 98.3 Å². The number of thioether (sulfide) groups is 1. The quantitative estimate of drug-likeness (QED) is 0.130. The third kappa shape index (κ3) is 18.6. The molecule has 2 rings (SSSR count). The van der Waals surface area contributed by atoms with Crippen LogP contribution in [0.4, 0.5) is 0 Å². The zero-order valence-corrected chi connectivity index (χ0v) is 37.6. The van der Waals surface area contributed by atoms with Gasteiger partial charge in [0, 0.05) is 50.9 Å². The first-order chi connectivity index (χ1) is 25.9. The molecule has 1 heterocycles. The zero-order valence-electron chi connectivity index (χ0n) is 36.8.